The van der Waals surface area contributed by atoms with E-state index in [1.165, 1.54) is 0 Å². The predicted molar refractivity (Wildman–Crippen MR) is 144 cm³/mol. The number of hydrogen-bond acceptors (Lipinski definition) is 2. The van der Waals surface area contributed by atoms with Gasteiger partial charge in [-0.1, -0.05) is 91.6 Å². The van der Waals surface area contributed by atoms with Gasteiger partial charge in [-0.25, -0.2) is 0 Å². The van der Waals surface area contributed by atoms with Gasteiger partial charge in [-0.05, 0) is 53.3 Å². The van der Waals surface area contributed by atoms with Crippen molar-refractivity contribution in [3.63, 3.8) is 0 Å². The van der Waals surface area contributed by atoms with Crippen molar-refractivity contribution in [2.24, 2.45) is 5.92 Å². The largest absolute Gasteiger partial charge is 0.354 e. The third-order valence-electron chi connectivity index (χ3n) is 5.83. The van der Waals surface area contributed by atoms with Crippen LogP contribution in [0.5, 0.6) is 0 Å². The van der Waals surface area contributed by atoms with Crippen LogP contribution in [0.25, 0.3) is 0 Å². The van der Waals surface area contributed by atoms with Crippen molar-refractivity contribution in [3.8, 4) is 0 Å². The molecule has 6 heteroatoms. The van der Waals surface area contributed by atoms with Gasteiger partial charge in [-0.3, -0.25) is 9.59 Å². The quantitative estimate of drug-likeness (QED) is 0.327. The van der Waals surface area contributed by atoms with E-state index < -0.39 is 6.04 Å². The number of nitrogens with zero attached hydrogens (tertiary/aromatic N) is 1. The maximum atomic E-state index is 13.7. The number of halogens is 2. The molecule has 0 spiro atoms. The van der Waals surface area contributed by atoms with E-state index in [0.29, 0.717) is 35.5 Å². The van der Waals surface area contributed by atoms with Crippen LogP contribution in [0.3, 0.4) is 0 Å². The average molecular weight is 511 g/mol. The van der Waals surface area contributed by atoms with Crippen LogP contribution in [0.1, 0.15) is 37.0 Å². The third kappa shape index (κ3) is 8.72. The van der Waals surface area contributed by atoms with Gasteiger partial charge >= 0.3 is 0 Å². The van der Waals surface area contributed by atoms with Crippen LogP contribution in [0.2, 0.25) is 10.0 Å². The summed E-state index contributed by atoms with van der Waals surface area (Å²) in [7, 11) is 0. The summed E-state index contributed by atoms with van der Waals surface area (Å²) in [5.41, 5.74) is 2.75. The van der Waals surface area contributed by atoms with Crippen LogP contribution in [0.15, 0.2) is 78.9 Å². The fraction of sp³-hybridized carbons (Fsp3) is 0.310. The Labute approximate surface area is 218 Å². The molecule has 0 aliphatic heterocycles. The van der Waals surface area contributed by atoms with E-state index in [1.54, 1.807) is 29.2 Å². The first-order valence-corrected chi connectivity index (χ1v) is 12.7. The van der Waals surface area contributed by atoms with Crippen molar-refractivity contribution < 1.29 is 9.59 Å². The van der Waals surface area contributed by atoms with E-state index in [0.717, 1.165) is 23.1 Å². The van der Waals surface area contributed by atoms with Gasteiger partial charge in [-0.15, -0.1) is 0 Å². The first-order valence-electron chi connectivity index (χ1n) is 11.9. The van der Waals surface area contributed by atoms with Gasteiger partial charge in [0.05, 0.1) is 6.42 Å². The fourth-order valence-corrected chi connectivity index (χ4v) is 4.07. The van der Waals surface area contributed by atoms with E-state index in [2.05, 4.69) is 19.2 Å². The molecule has 0 bridgehead atoms. The Morgan fingerprint density at radius 2 is 1.37 bits per heavy atom. The zero-order chi connectivity index (χ0) is 25.2. The zero-order valence-electron chi connectivity index (χ0n) is 20.2. The van der Waals surface area contributed by atoms with Crippen molar-refractivity contribution in [3.05, 3.63) is 106 Å². The monoisotopic (exact) mass is 510 g/mol. The molecule has 0 saturated heterocycles. The Morgan fingerprint density at radius 3 is 1.94 bits per heavy atom. The van der Waals surface area contributed by atoms with E-state index in [4.69, 9.17) is 23.2 Å². The Bertz CT molecular complexity index is 1080. The molecule has 3 aromatic carbocycles. The van der Waals surface area contributed by atoms with E-state index in [9.17, 15) is 9.59 Å². The minimum absolute atomic E-state index is 0.123. The maximum Gasteiger partial charge on any atom is 0.243 e. The number of carbonyl (C=O) groups is 2. The number of carbonyl (C=O) groups excluding carboxylic acids is 2. The first-order chi connectivity index (χ1) is 16.8. The minimum Gasteiger partial charge on any atom is -0.354 e. The summed E-state index contributed by atoms with van der Waals surface area (Å²) < 4.78 is 0. The van der Waals surface area contributed by atoms with Crippen LogP contribution in [0.4, 0.5) is 0 Å². The molecule has 3 rings (SSSR count). The zero-order valence-corrected chi connectivity index (χ0v) is 21.7. The number of hydrogen-bond donors (Lipinski definition) is 1. The summed E-state index contributed by atoms with van der Waals surface area (Å²) in [6.07, 6.45) is 1.48. The molecule has 0 fully saturated rings. The van der Waals surface area contributed by atoms with Crippen LogP contribution in [-0.2, 0) is 29.0 Å². The summed E-state index contributed by atoms with van der Waals surface area (Å²) in [6, 6.07) is 23.8. The molecule has 35 heavy (non-hydrogen) atoms. The first kappa shape index (κ1) is 26.8. The van der Waals surface area contributed by atoms with E-state index in [1.807, 2.05) is 54.6 Å². The fourth-order valence-electron chi connectivity index (χ4n) is 3.82. The van der Waals surface area contributed by atoms with Gasteiger partial charge in [0, 0.05) is 29.6 Å². The Hall–Kier alpha value is -2.82. The number of amides is 2. The van der Waals surface area contributed by atoms with Gasteiger partial charge in [0.15, 0.2) is 0 Å². The highest BCUT2D eigenvalue weighted by Crippen LogP contribution is 2.19. The highest BCUT2D eigenvalue weighted by molar-refractivity contribution is 6.30. The highest BCUT2D eigenvalue weighted by atomic mass is 35.5. The molecule has 1 unspecified atom stereocenters. The Kier molecular flexibility index (Phi) is 10.2. The topological polar surface area (TPSA) is 49.4 Å². The number of nitrogens with one attached hydrogen (secondary N) is 1. The molecule has 0 aromatic heterocycles. The molecule has 1 atom stereocenters. The molecular weight excluding hydrogens is 479 g/mol. The van der Waals surface area contributed by atoms with Crippen LogP contribution < -0.4 is 5.32 Å². The summed E-state index contributed by atoms with van der Waals surface area (Å²) in [5.74, 6) is 0.203. The third-order valence-corrected chi connectivity index (χ3v) is 6.33. The van der Waals surface area contributed by atoms with Crippen molar-refractivity contribution in [2.75, 3.05) is 6.54 Å². The molecule has 2 amide bonds. The summed E-state index contributed by atoms with van der Waals surface area (Å²) in [4.78, 5) is 28.8. The van der Waals surface area contributed by atoms with Gasteiger partial charge < -0.3 is 10.2 Å². The number of rotatable bonds is 11. The van der Waals surface area contributed by atoms with Gasteiger partial charge in [0.25, 0.3) is 0 Å². The standard InChI is InChI=1S/C29H32Cl2N2O2/c1-21(2)16-17-32-29(35)27(18-22-6-4-3-5-7-22)33(20-24-10-14-26(31)15-11-24)28(34)19-23-8-12-25(30)13-9-23/h3-15,21,27H,16-20H2,1-2H3,(H,32,35). The molecule has 0 aliphatic rings. The van der Waals surface area contributed by atoms with Crippen molar-refractivity contribution in [1.29, 1.82) is 0 Å². The van der Waals surface area contributed by atoms with Crippen molar-refractivity contribution >= 4 is 35.0 Å². The molecule has 0 saturated carbocycles. The lowest BCUT2D eigenvalue weighted by molar-refractivity contribution is -0.140. The second kappa shape index (κ2) is 13.3. The van der Waals surface area contributed by atoms with Gasteiger partial charge in [0.2, 0.25) is 11.8 Å². The Morgan fingerprint density at radius 1 is 0.800 bits per heavy atom. The van der Waals surface area contributed by atoms with Gasteiger partial charge in [-0.2, -0.15) is 0 Å². The summed E-state index contributed by atoms with van der Waals surface area (Å²) >= 11 is 12.1. The normalized spacial score (nSPS) is 11.8. The van der Waals surface area contributed by atoms with Crippen LogP contribution >= 0.6 is 23.2 Å². The van der Waals surface area contributed by atoms with Crippen molar-refractivity contribution in [1.82, 2.24) is 10.2 Å². The molecule has 0 aliphatic carbocycles. The highest BCUT2D eigenvalue weighted by Gasteiger charge is 2.30. The summed E-state index contributed by atoms with van der Waals surface area (Å²) in [6.45, 7) is 5.12. The lowest BCUT2D eigenvalue weighted by Gasteiger charge is -2.32. The van der Waals surface area contributed by atoms with Crippen LogP contribution in [0, 0.1) is 5.92 Å². The van der Waals surface area contributed by atoms with E-state index >= 15 is 0 Å². The molecule has 0 heterocycles. The molecular formula is C29H32Cl2N2O2. The average Bonchev–Trinajstić information content (AvgIpc) is 2.84. The SMILES string of the molecule is CC(C)CCNC(=O)C(Cc1ccccc1)N(Cc1ccc(Cl)cc1)C(=O)Cc1ccc(Cl)cc1. The molecule has 4 nitrogen and oxygen atoms in total. The van der Waals surface area contributed by atoms with Gasteiger partial charge in [0.1, 0.15) is 6.04 Å². The second-order valence-electron chi connectivity index (χ2n) is 9.13. The lowest BCUT2D eigenvalue weighted by atomic mass is 10.0. The number of benzene rings is 3. The maximum absolute atomic E-state index is 13.7. The molecule has 0 radical (unpaired) electrons. The molecule has 1 N–H and O–H groups in total. The van der Waals surface area contributed by atoms with E-state index in [-0.39, 0.29) is 18.2 Å². The minimum atomic E-state index is -0.653. The lowest BCUT2D eigenvalue weighted by Crippen LogP contribution is -2.51. The smallest absolute Gasteiger partial charge is 0.243 e. The summed E-state index contributed by atoms with van der Waals surface area (Å²) in [5, 5.41) is 4.31. The van der Waals surface area contributed by atoms with Crippen molar-refractivity contribution in [2.45, 2.75) is 45.7 Å². The molecule has 3 aromatic rings. The Balaban J connectivity index is 1.91. The molecule has 184 valence electrons. The van der Waals surface area contributed by atoms with Crippen LogP contribution in [-0.4, -0.2) is 29.3 Å². The predicted octanol–water partition coefficient (Wildman–Crippen LogP) is 6.34. The second-order valence-corrected chi connectivity index (χ2v) is 10.0.